The van der Waals surface area contributed by atoms with E-state index in [1.54, 1.807) is 0 Å². The van der Waals surface area contributed by atoms with Crippen LogP contribution in [0.1, 0.15) is 31.9 Å². The van der Waals surface area contributed by atoms with Crippen molar-refractivity contribution in [1.82, 2.24) is 0 Å². The topological polar surface area (TPSA) is 29.5 Å². The third kappa shape index (κ3) is 5.27. The Labute approximate surface area is 267 Å². The summed E-state index contributed by atoms with van der Waals surface area (Å²) in [5.41, 5.74) is 8.42. The SMILES string of the molecule is Cc1cc(Cl)c(Cl)c(N(c2ccc(C(C)(C)C)cc2)c2cc(-c3cc4ccccc4o3)cc(-c3cc4ccccc4o3)c2)c1. The van der Waals surface area contributed by atoms with Gasteiger partial charge in [-0.05, 0) is 90.2 Å². The Morgan fingerprint density at radius 1 is 0.591 bits per heavy atom. The van der Waals surface area contributed by atoms with Gasteiger partial charge in [0.25, 0.3) is 0 Å². The van der Waals surface area contributed by atoms with Gasteiger partial charge in [-0.2, -0.15) is 0 Å². The number of halogens is 2. The van der Waals surface area contributed by atoms with E-state index in [9.17, 15) is 0 Å². The molecule has 3 nitrogen and oxygen atoms in total. The Morgan fingerprint density at radius 3 is 1.66 bits per heavy atom. The molecule has 0 saturated heterocycles. The standard InChI is InChI=1S/C39H31Cl2NO2/c1-24-17-32(40)38(41)33(18-24)42(30-15-13-29(14-16-30)39(2,3)4)31-20-27(36-22-25-9-5-7-11-34(25)43-36)19-28(21-31)37-23-26-10-6-8-12-35(26)44-37/h5-23H,1-4H3. The van der Waals surface area contributed by atoms with Crippen molar-refractivity contribution in [2.24, 2.45) is 0 Å². The Hall–Kier alpha value is -4.44. The fraction of sp³-hybridized carbons (Fsp3) is 0.128. The normalized spacial score (nSPS) is 11.9. The predicted molar refractivity (Wildman–Crippen MR) is 185 cm³/mol. The number of aryl methyl sites for hydroxylation is 1. The first-order valence-electron chi connectivity index (χ1n) is 14.6. The highest BCUT2D eigenvalue weighted by atomic mass is 35.5. The molecular weight excluding hydrogens is 585 g/mol. The van der Waals surface area contributed by atoms with Crippen LogP contribution in [0.3, 0.4) is 0 Å². The molecule has 44 heavy (non-hydrogen) atoms. The van der Waals surface area contributed by atoms with E-state index in [1.807, 2.05) is 49.4 Å². The van der Waals surface area contributed by atoms with E-state index in [0.29, 0.717) is 10.0 Å². The molecule has 5 heteroatoms. The summed E-state index contributed by atoms with van der Waals surface area (Å²) >= 11 is 13.7. The molecule has 0 aliphatic rings. The fourth-order valence-corrected chi connectivity index (χ4v) is 6.14. The van der Waals surface area contributed by atoms with Gasteiger partial charge in [0.05, 0.1) is 15.7 Å². The van der Waals surface area contributed by atoms with Gasteiger partial charge in [0.15, 0.2) is 0 Å². The van der Waals surface area contributed by atoms with Crippen LogP contribution in [0.4, 0.5) is 17.1 Å². The highest BCUT2D eigenvalue weighted by Gasteiger charge is 2.22. The molecule has 0 aliphatic carbocycles. The van der Waals surface area contributed by atoms with E-state index in [-0.39, 0.29) is 5.41 Å². The van der Waals surface area contributed by atoms with Crippen LogP contribution in [0.2, 0.25) is 10.0 Å². The first-order chi connectivity index (χ1) is 21.1. The average Bonchev–Trinajstić information content (AvgIpc) is 3.64. The summed E-state index contributed by atoms with van der Waals surface area (Å²) in [4.78, 5) is 2.16. The molecule has 0 amide bonds. The van der Waals surface area contributed by atoms with Crippen molar-refractivity contribution in [3.05, 3.63) is 136 Å². The summed E-state index contributed by atoms with van der Waals surface area (Å²) in [7, 11) is 0. The quantitative estimate of drug-likeness (QED) is 0.193. The zero-order chi connectivity index (χ0) is 30.6. The largest absolute Gasteiger partial charge is 0.456 e. The zero-order valence-corrected chi connectivity index (χ0v) is 26.5. The van der Waals surface area contributed by atoms with Gasteiger partial charge >= 0.3 is 0 Å². The molecule has 0 spiro atoms. The lowest BCUT2D eigenvalue weighted by atomic mass is 9.87. The number of fused-ring (bicyclic) bond motifs is 2. The lowest BCUT2D eigenvalue weighted by Gasteiger charge is -2.29. The van der Waals surface area contributed by atoms with Gasteiger partial charge in [0.2, 0.25) is 0 Å². The molecule has 0 fully saturated rings. The van der Waals surface area contributed by atoms with Crippen LogP contribution in [-0.2, 0) is 5.41 Å². The van der Waals surface area contributed by atoms with Gasteiger partial charge in [-0.3, -0.25) is 0 Å². The maximum atomic E-state index is 6.97. The molecule has 5 aromatic carbocycles. The molecule has 0 N–H and O–H groups in total. The van der Waals surface area contributed by atoms with Crippen molar-refractivity contribution < 1.29 is 8.83 Å². The van der Waals surface area contributed by atoms with Gasteiger partial charge < -0.3 is 13.7 Å². The first-order valence-corrected chi connectivity index (χ1v) is 15.4. The van der Waals surface area contributed by atoms with Gasteiger partial charge in [-0.1, -0.05) is 92.5 Å². The van der Waals surface area contributed by atoms with E-state index < -0.39 is 0 Å². The summed E-state index contributed by atoms with van der Waals surface area (Å²) in [6.45, 7) is 8.67. The minimum Gasteiger partial charge on any atom is -0.456 e. The Kier molecular flexibility index (Phi) is 7.04. The summed E-state index contributed by atoms with van der Waals surface area (Å²) in [6.07, 6.45) is 0. The third-order valence-corrected chi connectivity index (χ3v) is 8.77. The second kappa shape index (κ2) is 10.9. The summed E-state index contributed by atoms with van der Waals surface area (Å²) in [6, 6.07) is 39.2. The predicted octanol–water partition coefficient (Wildman–Crippen LogP) is 12.9. The number of rotatable bonds is 5. The summed E-state index contributed by atoms with van der Waals surface area (Å²) in [5, 5.41) is 3.07. The summed E-state index contributed by atoms with van der Waals surface area (Å²) < 4.78 is 12.7. The molecule has 0 saturated carbocycles. The highest BCUT2D eigenvalue weighted by molar-refractivity contribution is 6.44. The maximum Gasteiger partial charge on any atom is 0.135 e. The van der Waals surface area contributed by atoms with Crippen LogP contribution in [0.25, 0.3) is 44.6 Å². The van der Waals surface area contributed by atoms with Gasteiger partial charge in [-0.15, -0.1) is 0 Å². The number of furan rings is 2. The van der Waals surface area contributed by atoms with E-state index >= 15 is 0 Å². The Morgan fingerprint density at radius 2 is 1.14 bits per heavy atom. The van der Waals surface area contributed by atoms with Crippen LogP contribution < -0.4 is 4.90 Å². The fourth-order valence-electron chi connectivity index (χ4n) is 5.68. The van der Waals surface area contributed by atoms with Crippen molar-refractivity contribution >= 4 is 62.2 Å². The lowest BCUT2D eigenvalue weighted by molar-refractivity contribution is 0.590. The van der Waals surface area contributed by atoms with Crippen LogP contribution in [0, 0.1) is 6.92 Å². The van der Waals surface area contributed by atoms with Crippen LogP contribution in [0.15, 0.2) is 124 Å². The molecule has 7 aromatic rings. The Balaban J connectivity index is 1.49. The number of para-hydroxylation sites is 2. The average molecular weight is 617 g/mol. The lowest BCUT2D eigenvalue weighted by Crippen LogP contribution is -2.14. The highest BCUT2D eigenvalue weighted by Crippen LogP contribution is 2.45. The van der Waals surface area contributed by atoms with Gasteiger partial charge in [-0.25, -0.2) is 0 Å². The molecule has 0 unspecified atom stereocenters. The number of hydrogen-bond acceptors (Lipinski definition) is 3. The van der Waals surface area contributed by atoms with Crippen LogP contribution in [0.5, 0.6) is 0 Å². The van der Waals surface area contributed by atoms with Crippen molar-refractivity contribution in [1.29, 1.82) is 0 Å². The van der Waals surface area contributed by atoms with Crippen molar-refractivity contribution in [3.63, 3.8) is 0 Å². The van der Waals surface area contributed by atoms with E-state index in [1.165, 1.54) is 5.56 Å². The molecule has 2 aromatic heterocycles. The van der Waals surface area contributed by atoms with E-state index in [4.69, 9.17) is 32.0 Å². The minimum atomic E-state index is 0.0172. The maximum absolute atomic E-state index is 6.97. The van der Waals surface area contributed by atoms with Crippen LogP contribution >= 0.6 is 23.2 Å². The van der Waals surface area contributed by atoms with Crippen molar-refractivity contribution in [3.8, 4) is 22.6 Å². The second-order valence-electron chi connectivity index (χ2n) is 12.3. The van der Waals surface area contributed by atoms with Gasteiger partial charge in [0.1, 0.15) is 22.7 Å². The molecule has 0 aliphatic heterocycles. The van der Waals surface area contributed by atoms with Crippen molar-refractivity contribution in [2.75, 3.05) is 4.90 Å². The number of hydrogen-bond donors (Lipinski definition) is 0. The number of anilines is 3. The second-order valence-corrected chi connectivity index (χ2v) is 13.1. The number of benzene rings is 5. The molecule has 7 rings (SSSR count). The monoisotopic (exact) mass is 615 g/mol. The van der Waals surface area contributed by atoms with E-state index in [2.05, 4.69) is 98.5 Å². The van der Waals surface area contributed by atoms with Gasteiger partial charge in [0, 0.05) is 33.3 Å². The molecular formula is C39H31Cl2NO2. The molecule has 0 atom stereocenters. The van der Waals surface area contributed by atoms with E-state index in [0.717, 1.165) is 67.2 Å². The summed E-state index contributed by atoms with van der Waals surface area (Å²) in [5.74, 6) is 1.53. The first kappa shape index (κ1) is 28.3. The van der Waals surface area contributed by atoms with Crippen LogP contribution in [-0.4, -0.2) is 0 Å². The smallest absolute Gasteiger partial charge is 0.135 e. The number of nitrogens with zero attached hydrogens (tertiary/aromatic N) is 1. The molecule has 0 bridgehead atoms. The third-order valence-electron chi connectivity index (χ3n) is 7.98. The minimum absolute atomic E-state index is 0.0172. The van der Waals surface area contributed by atoms with Crippen molar-refractivity contribution in [2.45, 2.75) is 33.1 Å². The zero-order valence-electron chi connectivity index (χ0n) is 25.0. The molecule has 218 valence electrons. The molecule has 2 heterocycles. The molecule has 0 radical (unpaired) electrons. The Bertz CT molecular complexity index is 1990.